The van der Waals surface area contributed by atoms with E-state index in [1.807, 2.05) is 48.5 Å². The van der Waals surface area contributed by atoms with Gasteiger partial charge in [0, 0.05) is 30.6 Å². The van der Waals surface area contributed by atoms with Crippen molar-refractivity contribution in [3.8, 4) is 0 Å². The Kier molecular flexibility index (Phi) is 5.94. The van der Waals surface area contributed by atoms with Crippen LogP contribution in [0.15, 0.2) is 54.7 Å². The lowest BCUT2D eigenvalue weighted by Crippen LogP contribution is -2.37. The zero-order chi connectivity index (χ0) is 17.8. The molecule has 128 valence electrons. The summed E-state index contributed by atoms with van der Waals surface area (Å²) in [5, 5.41) is 6.70. The molecule has 7 heteroatoms. The minimum atomic E-state index is 0.00459. The number of fused-ring (bicyclic) bond motifs is 1. The molecule has 2 aromatic carbocycles. The zero-order valence-corrected chi connectivity index (χ0v) is 17.6. The molecule has 2 heterocycles. The van der Waals surface area contributed by atoms with E-state index >= 15 is 0 Å². The Morgan fingerprint density at radius 2 is 1.60 bits per heavy atom. The molecule has 0 saturated carbocycles. The maximum absolute atomic E-state index is 12.2. The van der Waals surface area contributed by atoms with Crippen molar-refractivity contribution in [2.24, 2.45) is 0 Å². The van der Waals surface area contributed by atoms with Crippen LogP contribution in [0.3, 0.4) is 0 Å². The van der Waals surface area contributed by atoms with Crippen molar-refractivity contribution in [1.29, 1.82) is 0 Å². The predicted octanol–water partition coefficient (Wildman–Crippen LogP) is 4.09. The highest BCUT2D eigenvalue weighted by atomic mass is 127. The lowest BCUT2D eigenvalue weighted by molar-refractivity contribution is 0.0976. The largest absolute Gasteiger partial charge is 0.399 e. The molecule has 3 aromatic rings. The monoisotopic (exact) mass is 558 g/mol. The number of nitrogens with zero attached hydrogens (tertiary/aromatic N) is 2. The second-order valence-corrected chi connectivity index (χ2v) is 8.00. The van der Waals surface area contributed by atoms with Crippen LogP contribution in [-0.4, -0.2) is 22.6 Å². The number of hydrogen-bond acceptors (Lipinski definition) is 3. The van der Waals surface area contributed by atoms with Gasteiger partial charge in [-0.05, 0) is 100 Å². The van der Waals surface area contributed by atoms with Crippen LogP contribution >= 0.6 is 45.2 Å². The summed E-state index contributed by atoms with van der Waals surface area (Å²) in [7, 11) is 0. The molecule has 0 bridgehead atoms. The lowest BCUT2D eigenvalue weighted by atomic mass is 10.1. The number of aromatic nitrogens is 2. The predicted molar refractivity (Wildman–Crippen MR) is 117 cm³/mol. The number of halogens is 2. The van der Waals surface area contributed by atoms with Gasteiger partial charge in [0.1, 0.15) is 5.69 Å². The van der Waals surface area contributed by atoms with E-state index in [-0.39, 0.29) is 5.91 Å². The quantitative estimate of drug-likeness (QED) is 0.349. The van der Waals surface area contributed by atoms with Crippen molar-refractivity contribution in [2.45, 2.75) is 6.42 Å². The summed E-state index contributed by atoms with van der Waals surface area (Å²) in [5.74, 6) is 0.00459. The van der Waals surface area contributed by atoms with Gasteiger partial charge >= 0.3 is 0 Å². The number of aromatic amines is 1. The first-order valence-electron chi connectivity index (χ1n) is 7.65. The molecule has 1 aromatic heterocycles. The van der Waals surface area contributed by atoms with Gasteiger partial charge in [0.25, 0.3) is 5.91 Å². The number of amides is 1. The molecule has 0 radical (unpaired) electrons. The number of H-pyrrole nitrogens is 1. The Morgan fingerprint density at radius 3 is 2.20 bits per heavy atom. The Labute approximate surface area is 173 Å². The van der Waals surface area contributed by atoms with E-state index in [0.29, 0.717) is 12.2 Å². The Bertz CT molecular complexity index is 839. The highest BCUT2D eigenvalue weighted by Crippen LogP contribution is 2.23. The lowest BCUT2D eigenvalue weighted by Gasteiger charge is -2.26. The number of benzene rings is 2. The number of nitrogens with one attached hydrogen (secondary N) is 1. The van der Waals surface area contributed by atoms with Gasteiger partial charge in [-0.3, -0.25) is 9.89 Å². The second-order valence-electron chi connectivity index (χ2n) is 5.50. The zero-order valence-electron chi connectivity index (χ0n) is 13.2. The number of carbonyl (C=O) groups is 1. The van der Waals surface area contributed by atoms with Gasteiger partial charge in [0.2, 0.25) is 0 Å². The van der Waals surface area contributed by atoms with Crippen LogP contribution in [0.25, 0.3) is 0 Å². The molecule has 3 N–H and O–H groups in total. The molecule has 1 aliphatic rings. The number of rotatable bonds is 1. The normalized spacial score (nSPS) is 13.0. The summed E-state index contributed by atoms with van der Waals surface area (Å²) in [6.07, 6.45) is 2.59. The van der Waals surface area contributed by atoms with Gasteiger partial charge in [-0.15, -0.1) is 0 Å². The molecular formula is C18H16I2N4O. The Hall–Kier alpha value is -1.62. The molecule has 0 spiro atoms. The molecule has 0 atom stereocenters. The summed E-state index contributed by atoms with van der Waals surface area (Å²) in [4.78, 5) is 14.0. The molecular weight excluding hydrogens is 542 g/mol. The fourth-order valence-corrected chi connectivity index (χ4v) is 3.20. The van der Waals surface area contributed by atoms with Crippen molar-refractivity contribution < 1.29 is 4.79 Å². The topological polar surface area (TPSA) is 75.0 Å². The third-order valence-electron chi connectivity index (χ3n) is 3.79. The van der Waals surface area contributed by atoms with Gasteiger partial charge in [-0.2, -0.15) is 5.10 Å². The maximum atomic E-state index is 12.2. The summed E-state index contributed by atoms with van der Waals surface area (Å²) >= 11 is 4.49. The van der Waals surface area contributed by atoms with Crippen LogP contribution in [0.1, 0.15) is 16.1 Å². The van der Waals surface area contributed by atoms with E-state index in [1.54, 1.807) is 11.1 Å². The van der Waals surface area contributed by atoms with Crippen LogP contribution in [0.2, 0.25) is 0 Å². The van der Waals surface area contributed by atoms with E-state index in [2.05, 4.69) is 55.4 Å². The van der Waals surface area contributed by atoms with E-state index < -0.39 is 0 Å². The molecule has 1 amide bonds. The molecule has 0 aliphatic carbocycles. The van der Waals surface area contributed by atoms with Crippen molar-refractivity contribution in [3.63, 3.8) is 0 Å². The van der Waals surface area contributed by atoms with Gasteiger partial charge in [-0.25, -0.2) is 0 Å². The average Bonchev–Trinajstić information content (AvgIpc) is 3.09. The first-order chi connectivity index (χ1) is 12.0. The van der Waals surface area contributed by atoms with Crippen LogP contribution in [0, 0.1) is 7.14 Å². The average molecular weight is 558 g/mol. The van der Waals surface area contributed by atoms with E-state index in [0.717, 1.165) is 26.9 Å². The van der Waals surface area contributed by atoms with Gasteiger partial charge < -0.3 is 10.6 Å². The molecule has 25 heavy (non-hydrogen) atoms. The van der Waals surface area contributed by atoms with Crippen molar-refractivity contribution >= 4 is 62.5 Å². The first kappa shape index (κ1) is 18.2. The minimum absolute atomic E-state index is 0.00459. The molecule has 0 unspecified atom stereocenters. The molecule has 0 saturated heterocycles. The summed E-state index contributed by atoms with van der Waals surface area (Å²) < 4.78 is 2.38. The van der Waals surface area contributed by atoms with Crippen molar-refractivity contribution in [3.05, 3.63) is 73.1 Å². The summed E-state index contributed by atoms with van der Waals surface area (Å²) in [6.45, 7) is 0.714. The molecule has 0 fully saturated rings. The molecule has 1 aliphatic heterocycles. The highest BCUT2D eigenvalue weighted by Gasteiger charge is 2.26. The number of hydrogen-bond donors (Lipinski definition) is 2. The maximum Gasteiger partial charge on any atom is 0.276 e. The van der Waals surface area contributed by atoms with Crippen molar-refractivity contribution in [2.75, 3.05) is 17.2 Å². The fraction of sp³-hybridized carbons (Fsp3) is 0.111. The van der Waals surface area contributed by atoms with E-state index in [1.165, 1.54) is 3.57 Å². The van der Waals surface area contributed by atoms with Gasteiger partial charge in [0.15, 0.2) is 0 Å². The minimum Gasteiger partial charge on any atom is -0.399 e. The van der Waals surface area contributed by atoms with Crippen molar-refractivity contribution in [1.82, 2.24) is 10.2 Å². The van der Waals surface area contributed by atoms with Crippen LogP contribution < -0.4 is 10.6 Å². The van der Waals surface area contributed by atoms with E-state index in [4.69, 9.17) is 5.73 Å². The van der Waals surface area contributed by atoms with Gasteiger partial charge in [-0.1, -0.05) is 0 Å². The number of carbonyl (C=O) groups excluding carboxylic acids is 1. The Morgan fingerprint density at radius 1 is 1.00 bits per heavy atom. The first-order valence-corrected chi connectivity index (χ1v) is 9.81. The standard InChI is InChI=1S/C12H10IN3O.C6H6IN/c13-9-1-3-10(4-2-9)16-6-5-8-7-14-15-11(8)12(16)17;7-5-1-3-6(8)4-2-5/h1-4,7H,5-6H2,(H,14,15);1-4H,8H2. The van der Waals surface area contributed by atoms with E-state index in [9.17, 15) is 4.79 Å². The van der Waals surface area contributed by atoms with Crippen LogP contribution in [0.4, 0.5) is 11.4 Å². The summed E-state index contributed by atoms with van der Waals surface area (Å²) in [6, 6.07) is 15.7. The molecule has 5 nitrogen and oxygen atoms in total. The van der Waals surface area contributed by atoms with Crippen LogP contribution in [-0.2, 0) is 6.42 Å². The smallest absolute Gasteiger partial charge is 0.276 e. The van der Waals surface area contributed by atoms with Crippen LogP contribution in [0.5, 0.6) is 0 Å². The number of nitrogen functional groups attached to an aromatic ring is 1. The molecule has 4 rings (SSSR count). The fourth-order valence-electron chi connectivity index (χ4n) is 2.48. The highest BCUT2D eigenvalue weighted by molar-refractivity contribution is 14.1. The third-order valence-corrected chi connectivity index (χ3v) is 5.23. The van der Waals surface area contributed by atoms with Gasteiger partial charge in [0.05, 0.1) is 6.20 Å². The second kappa shape index (κ2) is 8.17. The Balaban J connectivity index is 0.000000192. The third kappa shape index (κ3) is 4.51. The number of nitrogens with two attached hydrogens (primary N) is 1. The number of anilines is 2. The summed E-state index contributed by atoms with van der Waals surface area (Å²) in [5.41, 5.74) is 8.82. The SMILES string of the molecule is Nc1ccc(I)cc1.O=C1c2[nH]ncc2CCN1c1ccc(I)cc1.